The largest absolute Gasteiger partial charge is 0.472 e. The smallest absolute Gasteiger partial charge is 0.296 e. The molecule has 0 aliphatic heterocycles. The number of hydrogen-bond acceptors (Lipinski definition) is 7. The molecular weight excluding hydrogens is 446 g/mol. The molecule has 2 atom stereocenters. The highest BCUT2D eigenvalue weighted by atomic mass is 16.5. The van der Waals surface area contributed by atoms with Gasteiger partial charge in [-0.1, -0.05) is 17.7 Å². The van der Waals surface area contributed by atoms with Crippen LogP contribution in [0.2, 0.25) is 0 Å². The van der Waals surface area contributed by atoms with Gasteiger partial charge >= 0.3 is 0 Å². The zero-order valence-electron chi connectivity index (χ0n) is 20.1. The highest BCUT2D eigenvalue weighted by molar-refractivity contribution is 6.04. The summed E-state index contributed by atoms with van der Waals surface area (Å²) in [6.07, 6.45) is 4.43. The topological polar surface area (TPSA) is 101 Å². The third-order valence-electron chi connectivity index (χ3n) is 5.28. The minimum absolute atomic E-state index is 0.0430. The fourth-order valence-electron chi connectivity index (χ4n) is 3.70. The van der Waals surface area contributed by atoms with Gasteiger partial charge in [0, 0.05) is 16.8 Å². The average Bonchev–Trinajstić information content (AvgIpc) is 3.53. The Kier molecular flexibility index (Phi) is 7.04. The zero-order valence-corrected chi connectivity index (χ0v) is 20.1. The summed E-state index contributed by atoms with van der Waals surface area (Å²) in [5, 5.41) is 14.4. The van der Waals surface area contributed by atoms with Crippen LogP contribution in [0.1, 0.15) is 48.5 Å². The van der Waals surface area contributed by atoms with Gasteiger partial charge in [-0.25, -0.2) is 4.98 Å². The molecule has 0 saturated heterocycles. The molecule has 2 aromatic heterocycles. The van der Waals surface area contributed by atoms with Crippen LogP contribution in [0.4, 0.5) is 5.69 Å². The minimum atomic E-state index is -1.12. The average molecular weight is 476 g/mol. The second kappa shape index (κ2) is 10.2. The quantitative estimate of drug-likeness (QED) is 0.326. The summed E-state index contributed by atoms with van der Waals surface area (Å²) < 4.78 is 16.5. The number of nitrogens with one attached hydrogen (secondary N) is 1. The molecule has 2 aromatic carbocycles. The van der Waals surface area contributed by atoms with Gasteiger partial charge in [0.2, 0.25) is 5.76 Å². The Morgan fingerprint density at radius 3 is 2.26 bits per heavy atom. The summed E-state index contributed by atoms with van der Waals surface area (Å²) >= 11 is 0. The first-order chi connectivity index (χ1) is 16.7. The van der Waals surface area contributed by atoms with Crippen LogP contribution in [0, 0.1) is 6.92 Å². The summed E-state index contributed by atoms with van der Waals surface area (Å²) in [4.78, 5) is 19.0. The lowest BCUT2D eigenvalue weighted by molar-refractivity contribution is 0.0680. The van der Waals surface area contributed by atoms with E-state index in [1.807, 2.05) is 52.0 Å². The van der Waals surface area contributed by atoms with E-state index in [4.69, 9.17) is 13.6 Å². The molecule has 0 saturated carbocycles. The van der Waals surface area contributed by atoms with Crippen LogP contribution < -0.4 is 15.0 Å². The van der Waals surface area contributed by atoms with Crippen LogP contribution in [0.3, 0.4) is 0 Å². The van der Waals surface area contributed by atoms with Crippen molar-refractivity contribution in [3.8, 4) is 11.5 Å². The van der Waals surface area contributed by atoms with Crippen LogP contribution in [-0.2, 0) is 0 Å². The first-order valence-electron chi connectivity index (χ1n) is 11.3. The SMILES string of the molecule is Cc1ccc(Oc2ccc(N(C(=O)c3cnco3)C(c3ccoc3)C(O)NC(C)(C)C)cc2)cc1. The molecule has 0 bridgehead atoms. The molecule has 2 N–H and O–H groups in total. The van der Waals surface area contributed by atoms with Gasteiger partial charge in [0.25, 0.3) is 5.91 Å². The first kappa shape index (κ1) is 24.3. The van der Waals surface area contributed by atoms with Crippen molar-refractivity contribution in [2.45, 2.75) is 45.5 Å². The number of aromatic nitrogens is 1. The molecular formula is C27H29N3O5. The molecule has 0 spiro atoms. The monoisotopic (exact) mass is 475 g/mol. The van der Waals surface area contributed by atoms with E-state index in [1.54, 1.807) is 30.3 Å². The molecule has 4 aromatic rings. The van der Waals surface area contributed by atoms with Gasteiger partial charge in [0.15, 0.2) is 6.39 Å². The van der Waals surface area contributed by atoms with Crippen molar-refractivity contribution in [1.82, 2.24) is 10.3 Å². The number of amides is 1. The van der Waals surface area contributed by atoms with Gasteiger partial charge in [-0.2, -0.15) is 0 Å². The van der Waals surface area contributed by atoms with Crippen LogP contribution in [0.5, 0.6) is 11.5 Å². The number of furan rings is 1. The summed E-state index contributed by atoms with van der Waals surface area (Å²) in [7, 11) is 0. The van der Waals surface area contributed by atoms with Crippen molar-refractivity contribution < 1.29 is 23.5 Å². The van der Waals surface area contributed by atoms with Crippen LogP contribution in [0.15, 0.2) is 88.5 Å². The standard InChI is InChI=1S/C27H29N3O5/c1-18-5-9-21(10-6-18)35-22-11-7-20(8-12-22)30(26(32)23-15-28-17-34-23)24(19-13-14-33-16-19)25(31)29-27(2,3)4/h5-17,24-25,29,31H,1-4H3. The Morgan fingerprint density at radius 1 is 1.06 bits per heavy atom. The molecule has 35 heavy (non-hydrogen) atoms. The van der Waals surface area contributed by atoms with Crippen molar-refractivity contribution in [2.24, 2.45) is 0 Å². The van der Waals surface area contributed by atoms with Crippen molar-refractivity contribution in [3.63, 3.8) is 0 Å². The maximum absolute atomic E-state index is 13.6. The van der Waals surface area contributed by atoms with E-state index < -0.39 is 23.7 Å². The predicted octanol–water partition coefficient (Wildman–Crippen LogP) is 5.46. The van der Waals surface area contributed by atoms with Gasteiger partial charge < -0.3 is 18.7 Å². The van der Waals surface area contributed by atoms with Crippen LogP contribution in [0.25, 0.3) is 0 Å². The summed E-state index contributed by atoms with van der Waals surface area (Å²) in [6.45, 7) is 7.81. The Morgan fingerprint density at radius 2 is 1.71 bits per heavy atom. The van der Waals surface area contributed by atoms with Crippen molar-refractivity contribution in [2.75, 3.05) is 4.90 Å². The maximum Gasteiger partial charge on any atom is 0.296 e. The second-order valence-electron chi connectivity index (χ2n) is 9.29. The number of rotatable bonds is 8. The molecule has 0 aliphatic carbocycles. The lowest BCUT2D eigenvalue weighted by atomic mass is 10.0. The number of aryl methyl sites for hydroxylation is 1. The molecule has 4 rings (SSSR count). The number of aliphatic hydroxyl groups is 1. The molecule has 182 valence electrons. The lowest BCUT2D eigenvalue weighted by Crippen LogP contribution is -2.52. The third-order valence-corrected chi connectivity index (χ3v) is 5.28. The van der Waals surface area contributed by atoms with E-state index in [2.05, 4.69) is 10.3 Å². The minimum Gasteiger partial charge on any atom is -0.472 e. The molecule has 2 heterocycles. The fourth-order valence-corrected chi connectivity index (χ4v) is 3.70. The second-order valence-corrected chi connectivity index (χ2v) is 9.29. The van der Waals surface area contributed by atoms with Crippen LogP contribution >= 0.6 is 0 Å². The lowest BCUT2D eigenvalue weighted by Gasteiger charge is -2.37. The van der Waals surface area contributed by atoms with E-state index >= 15 is 0 Å². The molecule has 0 radical (unpaired) electrons. The summed E-state index contributed by atoms with van der Waals surface area (Å²) in [5.41, 5.74) is 1.86. The van der Waals surface area contributed by atoms with E-state index in [-0.39, 0.29) is 5.76 Å². The van der Waals surface area contributed by atoms with Crippen molar-refractivity contribution in [1.29, 1.82) is 0 Å². The number of anilines is 1. The van der Waals surface area contributed by atoms with Gasteiger partial charge in [0.05, 0.1) is 18.7 Å². The van der Waals surface area contributed by atoms with Gasteiger partial charge in [-0.05, 0) is 70.2 Å². The molecule has 8 nitrogen and oxygen atoms in total. The molecule has 0 aliphatic rings. The normalized spacial score (nSPS) is 13.3. The number of nitrogens with zero attached hydrogens (tertiary/aromatic N) is 2. The molecule has 0 fully saturated rings. The first-order valence-corrected chi connectivity index (χ1v) is 11.3. The fraction of sp³-hybridized carbons (Fsp3) is 0.259. The third kappa shape index (κ3) is 5.98. The molecule has 2 unspecified atom stereocenters. The van der Waals surface area contributed by atoms with Gasteiger partial charge in [0.1, 0.15) is 23.8 Å². The van der Waals surface area contributed by atoms with E-state index in [0.717, 1.165) is 5.56 Å². The van der Waals surface area contributed by atoms with Gasteiger partial charge in [-0.3, -0.25) is 15.0 Å². The zero-order chi connectivity index (χ0) is 25.0. The summed E-state index contributed by atoms with van der Waals surface area (Å²) in [5.74, 6) is 0.897. The van der Waals surface area contributed by atoms with E-state index in [9.17, 15) is 9.90 Å². The van der Waals surface area contributed by atoms with Crippen molar-refractivity contribution in [3.05, 3.63) is 96.6 Å². The Bertz CT molecular complexity index is 1210. The number of ether oxygens (including phenoxy) is 1. The van der Waals surface area contributed by atoms with E-state index in [1.165, 1.54) is 30.0 Å². The Balaban J connectivity index is 1.71. The predicted molar refractivity (Wildman–Crippen MR) is 131 cm³/mol. The van der Waals surface area contributed by atoms with E-state index in [0.29, 0.717) is 22.7 Å². The maximum atomic E-state index is 13.6. The molecule has 1 amide bonds. The number of hydrogen-bond donors (Lipinski definition) is 2. The number of carbonyl (C=O) groups is 1. The summed E-state index contributed by atoms with van der Waals surface area (Å²) in [6, 6.07) is 15.7. The number of benzene rings is 2. The van der Waals surface area contributed by atoms with Gasteiger partial charge in [-0.15, -0.1) is 0 Å². The number of carbonyl (C=O) groups excluding carboxylic acids is 1. The highest BCUT2D eigenvalue weighted by Gasteiger charge is 2.36. The number of oxazole rings is 1. The molecule has 8 heteroatoms. The van der Waals surface area contributed by atoms with Crippen molar-refractivity contribution >= 4 is 11.6 Å². The Labute approximate surface area is 204 Å². The Hall–Kier alpha value is -3.88. The number of aliphatic hydroxyl groups excluding tert-OH is 1. The highest BCUT2D eigenvalue weighted by Crippen LogP contribution is 2.34. The van der Waals surface area contributed by atoms with Crippen LogP contribution in [-0.4, -0.2) is 27.8 Å².